The molecule has 0 aromatic heterocycles. The van der Waals surface area contributed by atoms with Crippen LogP contribution >= 0.6 is 29.0 Å². The van der Waals surface area contributed by atoms with Gasteiger partial charge in [0.25, 0.3) is 0 Å². The third-order valence-corrected chi connectivity index (χ3v) is 42.8. The minimum atomic E-state index is -2.05. The molecule has 0 aliphatic heterocycles. The molecule has 137 heavy (non-hydrogen) atoms. The van der Waals surface area contributed by atoms with Gasteiger partial charge < -0.3 is 14.8 Å². The van der Waals surface area contributed by atoms with E-state index in [1.54, 1.807) is 14.2 Å². The third-order valence-electron chi connectivity index (χ3n) is 23.9. The van der Waals surface area contributed by atoms with Crippen molar-refractivity contribution in [1.29, 1.82) is 0 Å². The zero-order chi connectivity index (χ0) is 95.3. The molecule has 674 valence electrons. The standard InChI is InChI=1S/4C28H22P.C5H12NSi.C4H9OSi.C3H7Si.C2H5OSi/c4*1-4-15-24(16-5-1)29(25-17-6-2-7-18-25,26-19-8-3-9-20-26)28-22-12-14-23-13-10-11-21-27(23)28;1-2-6-4-3-5-7;1-5-3-2-4-6;1-2-3-4;1-3-2-4/h4*1-22H;6H,2-5H2,1H3;2-4H2,1H3;2-3H2,1H3;2H2,1H3/q4*+1;;;;. The lowest BCUT2D eigenvalue weighted by molar-refractivity contribution is 0.199. The molecule has 20 rings (SSSR count). The number of ether oxygens (including phenoxy) is 2. The summed E-state index contributed by atoms with van der Waals surface area (Å²) in [7, 11) is 8.18. The number of methoxy groups -OCH3 is 2. The van der Waals surface area contributed by atoms with Crippen molar-refractivity contribution >= 4 is 198 Å². The molecule has 0 spiro atoms. The number of nitrogens with one attached hydrogen (secondary N) is 1. The highest BCUT2D eigenvalue weighted by Crippen LogP contribution is 2.59. The summed E-state index contributed by atoms with van der Waals surface area (Å²) >= 11 is 0. The van der Waals surface area contributed by atoms with Gasteiger partial charge >= 0.3 is 0 Å². The van der Waals surface area contributed by atoms with Crippen molar-refractivity contribution in [3.8, 4) is 0 Å². The number of rotatable bonds is 25. The fourth-order valence-electron chi connectivity index (χ4n) is 17.9. The number of hydrogen-bond donors (Lipinski definition) is 1. The smallest absolute Gasteiger partial charge is 0.144 e. The molecule has 1 N–H and O–H groups in total. The molecule has 0 aliphatic carbocycles. The van der Waals surface area contributed by atoms with Crippen LogP contribution in [0.15, 0.2) is 534 Å². The Labute approximate surface area is 831 Å². The molecule has 0 amide bonds. The number of benzene rings is 20. The van der Waals surface area contributed by atoms with E-state index in [0.29, 0.717) is 6.23 Å². The maximum absolute atomic E-state index is 4.75. The van der Waals surface area contributed by atoms with E-state index in [1.807, 2.05) is 0 Å². The van der Waals surface area contributed by atoms with Crippen LogP contribution in [0.4, 0.5) is 0 Å². The molecular formula is C126H121NO2P4Si4+4. The molecule has 0 saturated carbocycles. The van der Waals surface area contributed by atoms with Crippen molar-refractivity contribution in [3.63, 3.8) is 0 Å². The summed E-state index contributed by atoms with van der Waals surface area (Å²) in [4.78, 5) is 0. The zero-order valence-corrected chi connectivity index (χ0v) is 86.6. The topological polar surface area (TPSA) is 30.5 Å². The highest BCUT2D eigenvalue weighted by molar-refractivity contribution is 8.03. The van der Waals surface area contributed by atoms with Gasteiger partial charge in [0.1, 0.15) is 114 Å². The van der Waals surface area contributed by atoms with Crippen LogP contribution in [0.1, 0.15) is 33.1 Å². The molecule has 12 radical (unpaired) electrons. The van der Waals surface area contributed by atoms with Crippen molar-refractivity contribution in [3.05, 3.63) is 534 Å². The predicted octanol–water partition coefficient (Wildman–Crippen LogP) is 23.8. The minimum Gasteiger partial charge on any atom is -0.389 e. The van der Waals surface area contributed by atoms with Gasteiger partial charge in [-0.2, -0.15) is 0 Å². The van der Waals surface area contributed by atoms with Crippen LogP contribution in [0.3, 0.4) is 0 Å². The number of fused-ring (bicyclic) bond motifs is 4. The predicted molar refractivity (Wildman–Crippen MR) is 614 cm³/mol. The molecular weight excluding hydrogens is 1800 g/mol. The summed E-state index contributed by atoms with van der Waals surface area (Å²) in [5.74, 6) is 0. The minimum absolute atomic E-state index is 0.625. The first-order valence-electron chi connectivity index (χ1n) is 47.2. The van der Waals surface area contributed by atoms with Gasteiger partial charge in [-0.1, -0.05) is 402 Å². The van der Waals surface area contributed by atoms with Crippen molar-refractivity contribution in [2.75, 3.05) is 40.1 Å². The van der Waals surface area contributed by atoms with Crippen molar-refractivity contribution in [2.45, 2.75) is 51.2 Å². The van der Waals surface area contributed by atoms with Gasteiger partial charge in [-0.15, -0.1) is 0 Å². The second-order valence-corrected chi connectivity index (χ2v) is 47.7. The first-order valence-corrected chi connectivity index (χ1v) is 57.2. The van der Waals surface area contributed by atoms with E-state index in [2.05, 4.69) is 599 Å². The Morgan fingerprint density at radius 2 is 0.358 bits per heavy atom. The molecule has 11 heteroatoms. The van der Waals surface area contributed by atoms with Gasteiger partial charge in [-0.3, -0.25) is 0 Å². The van der Waals surface area contributed by atoms with Gasteiger partial charge in [0.2, 0.25) is 0 Å². The van der Waals surface area contributed by atoms with Crippen LogP contribution < -0.4 is 90.2 Å². The van der Waals surface area contributed by atoms with E-state index in [9.17, 15) is 0 Å². The fourth-order valence-corrected chi connectivity index (χ4v) is 36.1. The Morgan fingerprint density at radius 1 is 0.197 bits per heavy atom. The Hall–Kier alpha value is -12.1. The molecule has 0 atom stereocenters. The normalized spacial score (nSPS) is 11.0. The van der Waals surface area contributed by atoms with E-state index >= 15 is 0 Å². The monoisotopic (exact) mass is 1920 g/mol. The summed E-state index contributed by atoms with van der Waals surface area (Å²) in [5.41, 5.74) is 0. The molecule has 20 aromatic carbocycles. The van der Waals surface area contributed by atoms with Gasteiger partial charge in [0.05, 0.1) is 10.2 Å². The van der Waals surface area contributed by atoms with Crippen LogP contribution in [0, 0.1) is 0 Å². The van der Waals surface area contributed by atoms with Crippen molar-refractivity contribution in [1.82, 2.24) is 5.32 Å². The highest BCUT2D eigenvalue weighted by atomic mass is 31.2. The average Bonchev–Trinajstić information content (AvgIpc) is 0.739. The Kier molecular flexibility index (Phi) is 40.9. The van der Waals surface area contributed by atoms with Crippen molar-refractivity contribution in [2.24, 2.45) is 0 Å². The summed E-state index contributed by atoms with van der Waals surface area (Å²) in [6.07, 6.45) is 4.19. The molecule has 3 nitrogen and oxygen atoms in total. The molecule has 0 saturated heterocycles. The van der Waals surface area contributed by atoms with Crippen LogP contribution in [-0.2, 0) is 9.47 Å². The van der Waals surface area contributed by atoms with Crippen LogP contribution in [0.5, 0.6) is 0 Å². The zero-order valence-electron chi connectivity index (χ0n) is 79.0. The molecule has 0 heterocycles. The SMILES string of the molecule is CCC[Si].CCNCCC[Si].COCCC[Si].COC[Si].c1ccc([P+](c2ccccc2)(c2ccccc2)c2cccc3ccccc23)cc1.c1ccc([P+](c2ccccc2)(c2ccccc2)c2cccc3ccccc23)cc1.c1ccc([P+](c2ccccc2)(c2ccccc2)c2cccc3ccccc23)cc1.c1ccc([P+](c2ccccc2)(c2ccccc2)c2cccc3ccccc23)cc1. The molecule has 0 fully saturated rings. The molecule has 20 aromatic rings. The third kappa shape index (κ3) is 24.7. The van der Waals surface area contributed by atoms with E-state index in [4.69, 9.17) is 4.74 Å². The van der Waals surface area contributed by atoms with Crippen LogP contribution in [0.2, 0.25) is 18.1 Å². The Bertz CT molecular complexity index is 5610. The van der Waals surface area contributed by atoms with Gasteiger partial charge in [0, 0.05) is 79.3 Å². The maximum atomic E-state index is 4.75. The van der Waals surface area contributed by atoms with Gasteiger partial charge in [0.15, 0.2) is 0 Å². The lowest BCUT2D eigenvalue weighted by atomic mass is 10.1. The van der Waals surface area contributed by atoms with Crippen molar-refractivity contribution < 1.29 is 9.47 Å². The molecule has 0 unspecified atom stereocenters. The van der Waals surface area contributed by atoms with Gasteiger partial charge in [-0.05, 0) is 217 Å². The van der Waals surface area contributed by atoms with Crippen LogP contribution in [0.25, 0.3) is 43.1 Å². The average molecular weight is 1920 g/mol. The lowest BCUT2D eigenvalue weighted by Gasteiger charge is -2.28. The first-order chi connectivity index (χ1) is 67.8. The largest absolute Gasteiger partial charge is 0.389 e. The highest BCUT2D eigenvalue weighted by Gasteiger charge is 2.53. The second-order valence-electron chi connectivity index (χ2n) is 32.4. The lowest BCUT2D eigenvalue weighted by Crippen LogP contribution is -2.38. The molecule has 0 bridgehead atoms. The van der Waals surface area contributed by atoms with E-state index in [0.717, 1.165) is 44.2 Å². The quantitative estimate of drug-likeness (QED) is 0.0351. The summed E-state index contributed by atoms with van der Waals surface area (Å²) < 4.78 is 9.21. The summed E-state index contributed by atoms with van der Waals surface area (Å²) in [6.45, 7) is 7.34. The van der Waals surface area contributed by atoms with Gasteiger partial charge in [-0.25, -0.2) is 0 Å². The summed E-state index contributed by atoms with van der Waals surface area (Å²) in [6, 6.07) is 198. The first kappa shape index (κ1) is 102. The van der Waals surface area contributed by atoms with E-state index < -0.39 is 29.0 Å². The number of hydrogen-bond acceptors (Lipinski definition) is 3. The Morgan fingerprint density at radius 3 is 0.496 bits per heavy atom. The van der Waals surface area contributed by atoms with E-state index in [-0.39, 0.29) is 0 Å². The second kappa shape index (κ2) is 54.7. The van der Waals surface area contributed by atoms with E-state index in [1.165, 1.54) is 141 Å². The molecule has 0 aliphatic rings. The maximum Gasteiger partial charge on any atom is 0.144 e. The van der Waals surface area contributed by atoms with Crippen LogP contribution in [-0.4, -0.2) is 81.1 Å². The summed E-state index contributed by atoms with van der Waals surface area (Å²) in [5, 5.41) is 36.0. The Balaban J connectivity index is 0.000000144. The fraction of sp³-hybridized carbons (Fsp3) is 0.111.